The van der Waals surface area contributed by atoms with Gasteiger partial charge in [0.05, 0.1) is 12.5 Å². The molecule has 4 atom stereocenters. The number of ether oxygens (including phenoxy) is 1. The molecule has 2 bridgehead atoms. The fourth-order valence-corrected chi connectivity index (χ4v) is 7.44. The highest BCUT2D eigenvalue weighted by Gasteiger charge is 2.70. The SMILES string of the molecule is COc1ccccc1/C=C/C(=O)N1C[C@H]2[C@]3(c4ccc(F)cc4)CC[C@@H](c4ccccc43)[C@@]2(C(=O)O)C1. The number of carboxylic acid groups (broad SMARTS) is 1. The molecule has 4 aliphatic rings. The Morgan fingerprint density at radius 2 is 1.78 bits per heavy atom. The molecule has 0 radical (unpaired) electrons. The Morgan fingerprint density at radius 3 is 2.54 bits per heavy atom. The van der Waals surface area contributed by atoms with Crippen molar-refractivity contribution in [2.45, 2.75) is 24.2 Å². The normalized spacial score (nSPS) is 27.7. The number of amides is 1. The number of carbonyl (C=O) groups excluding carboxylic acids is 1. The molecule has 1 saturated carbocycles. The fourth-order valence-electron chi connectivity index (χ4n) is 7.44. The summed E-state index contributed by atoms with van der Waals surface area (Å²) in [7, 11) is 1.58. The van der Waals surface area contributed by atoms with Crippen LogP contribution in [-0.2, 0) is 15.0 Å². The van der Waals surface area contributed by atoms with E-state index in [-0.39, 0.29) is 30.1 Å². The summed E-state index contributed by atoms with van der Waals surface area (Å²) in [5.41, 5.74) is 2.11. The maximum absolute atomic E-state index is 13.9. The first kappa shape index (κ1) is 23.5. The Hall–Kier alpha value is -3.93. The number of methoxy groups -OCH3 is 1. The van der Waals surface area contributed by atoms with E-state index in [1.807, 2.05) is 42.5 Å². The zero-order valence-corrected chi connectivity index (χ0v) is 20.6. The third kappa shape index (κ3) is 3.28. The number of para-hydroxylation sites is 1. The lowest BCUT2D eigenvalue weighted by atomic mass is 9.42. The first-order valence-corrected chi connectivity index (χ1v) is 12.6. The Bertz CT molecular complexity index is 1420. The summed E-state index contributed by atoms with van der Waals surface area (Å²) in [5.74, 6) is -1.28. The summed E-state index contributed by atoms with van der Waals surface area (Å²) in [6, 6.07) is 22.0. The van der Waals surface area contributed by atoms with Gasteiger partial charge in [0.1, 0.15) is 11.6 Å². The van der Waals surface area contributed by atoms with E-state index >= 15 is 0 Å². The van der Waals surface area contributed by atoms with Gasteiger partial charge in [-0.2, -0.15) is 0 Å². The Morgan fingerprint density at radius 1 is 1.05 bits per heavy atom. The van der Waals surface area contributed by atoms with Crippen molar-refractivity contribution >= 4 is 18.0 Å². The average Bonchev–Trinajstić information content (AvgIpc) is 3.37. The fraction of sp³-hybridized carbons (Fsp3) is 0.290. The second-order valence-corrected chi connectivity index (χ2v) is 10.3. The lowest BCUT2D eigenvalue weighted by molar-refractivity contribution is -0.157. The van der Waals surface area contributed by atoms with E-state index in [4.69, 9.17) is 4.74 Å². The van der Waals surface area contributed by atoms with Gasteiger partial charge < -0.3 is 14.7 Å². The molecule has 0 unspecified atom stereocenters. The molecule has 2 fully saturated rings. The zero-order valence-electron chi connectivity index (χ0n) is 20.6. The minimum absolute atomic E-state index is 0.143. The molecular formula is C31H28FNO4. The van der Waals surface area contributed by atoms with Crippen LogP contribution in [0.25, 0.3) is 6.08 Å². The summed E-state index contributed by atoms with van der Waals surface area (Å²) >= 11 is 0. The molecule has 3 aromatic carbocycles. The standard InChI is InChI=1S/C31H28FNO4/c1-37-26-9-5-2-6-20(26)10-15-28(34)33-18-27-30(21-11-13-22(32)14-12-21)17-16-25(31(27,19-33)29(35)36)23-7-3-4-8-24(23)30/h2-15,25,27H,16-19H2,1H3,(H,35,36)/b15-10+/t25-,27-,30-,31-/m0/s1. The van der Waals surface area contributed by atoms with Crippen LogP contribution in [0.2, 0.25) is 0 Å². The van der Waals surface area contributed by atoms with Gasteiger partial charge in [0.15, 0.2) is 0 Å². The minimum atomic E-state index is -1.12. The highest BCUT2D eigenvalue weighted by molar-refractivity contribution is 5.93. The number of aliphatic carboxylic acids is 1. The van der Waals surface area contributed by atoms with Crippen molar-refractivity contribution in [3.63, 3.8) is 0 Å². The first-order chi connectivity index (χ1) is 17.9. The molecule has 188 valence electrons. The molecule has 1 saturated heterocycles. The van der Waals surface area contributed by atoms with E-state index in [0.29, 0.717) is 18.7 Å². The van der Waals surface area contributed by atoms with E-state index in [0.717, 1.165) is 28.7 Å². The number of nitrogens with zero attached hydrogens (tertiary/aromatic N) is 1. The Balaban J connectivity index is 1.45. The maximum atomic E-state index is 13.9. The van der Waals surface area contributed by atoms with Crippen LogP contribution in [0, 0.1) is 17.2 Å². The molecule has 1 amide bonds. The van der Waals surface area contributed by atoms with Crippen molar-refractivity contribution in [3.8, 4) is 5.75 Å². The summed E-state index contributed by atoms with van der Waals surface area (Å²) in [5, 5.41) is 10.8. The summed E-state index contributed by atoms with van der Waals surface area (Å²) < 4.78 is 19.3. The maximum Gasteiger partial charge on any atom is 0.312 e. The average molecular weight is 498 g/mol. The number of likely N-dealkylation sites (tertiary alicyclic amines) is 1. The second kappa shape index (κ2) is 8.58. The molecule has 3 aromatic rings. The molecule has 3 aliphatic carbocycles. The van der Waals surface area contributed by atoms with Crippen molar-refractivity contribution in [2.75, 3.05) is 20.2 Å². The number of halogens is 1. The Kier molecular flexibility index (Phi) is 5.44. The van der Waals surface area contributed by atoms with Crippen LogP contribution in [0.4, 0.5) is 4.39 Å². The van der Waals surface area contributed by atoms with Crippen LogP contribution < -0.4 is 4.74 Å². The Labute approximate surface area is 215 Å². The van der Waals surface area contributed by atoms with Crippen LogP contribution in [0.15, 0.2) is 78.9 Å². The van der Waals surface area contributed by atoms with Gasteiger partial charge >= 0.3 is 5.97 Å². The molecule has 1 N–H and O–H groups in total. The molecule has 1 heterocycles. The first-order valence-electron chi connectivity index (χ1n) is 12.6. The van der Waals surface area contributed by atoms with E-state index in [9.17, 15) is 19.1 Å². The summed E-state index contributed by atoms with van der Waals surface area (Å²) in [6.45, 7) is 0.466. The predicted molar refractivity (Wildman–Crippen MR) is 138 cm³/mol. The summed E-state index contributed by atoms with van der Waals surface area (Å²) in [4.78, 5) is 28.3. The van der Waals surface area contributed by atoms with Crippen molar-refractivity contribution in [3.05, 3.63) is 107 Å². The number of carbonyl (C=O) groups is 2. The van der Waals surface area contributed by atoms with E-state index in [1.54, 1.807) is 30.2 Å². The molecule has 0 spiro atoms. The van der Waals surface area contributed by atoms with Gasteiger partial charge in [-0.05, 0) is 53.8 Å². The quantitative estimate of drug-likeness (QED) is 0.489. The van der Waals surface area contributed by atoms with Crippen LogP contribution in [0.3, 0.4) is 0 Å². The van der Waals surface area contributed by atoms with Crippen molar-refractivity contribution in [2.24, 2.45) is 11.3 Å². The van der Waals surface area contributed by atoms with Crippen LogP contribution in [0.1, 0.15) is 41.0 Å². The molecule has 6 heteroatoms. The highest BCUT2D eigenvalue weighted by atomic mass is 19.1. The molecule has 0 aromatic heterocycles. The lowest BCUT2D eigenvalue weighted by Gasteiger charge is -2.59. The number of hydrogen-bond donors (Lipinski definition) is 1. The largest absolute Gasteiger partial charge is 0.496 e. The van der Waals surface area contributed by atoms with E-state index in [2.05, 4.69) is 6.07 Å². The van der Waals surface area contributed by atoms with Crippen molar-refractivity contribution in [1.82, 2.24) is 4.90 Å². The van der Waals surface area contributed by atoms with E-state index < -0.39 is 16.8 Å². The molecular weight excluding hydrogens is 469 g/mol. The van der Waals surface area contributed by atoms with Gasteiger partial charge in [-0.15, -0.1) is 0 Å². The van der Waals surface area contributed by atoms with Crippen molar-refractivity contribution < 1.29 is 23.8 Å². The molecule has 37 heavy (non-hydrogen) atoms. The number of benzene rings is 3. The third-order valence-corrected chi connectivity index (χ3v) is 8.95. The molecule has 7 rings (SSSR count). The number of carboxylic acids is 1. The lowest BCUT2D eigenvalue weighted by Crippen LogP contribution is -2.60. The second-order valence-electron chi connectivity index (χ2n) is 10.3. The van der Waals surface area contributed by atoms with Gasteiger partial charge in [-0.3, -0.25) is 9.59 Å². The van der Waals surface area contributed by atoms with Gasteiger partial charge in [0.2, 0.25) is 5.91 Å². The minimum Gasteiger partial charge on any atom is -0.496 e. The smallest absolute Gasteiger partial charge is 0.312 e. The zero-order chi connectivity index (χ0) is 25.8. The van der Waals surface area contributed by atoms with Gasteiger partial charge in [0, 0.05) is 42.0 Å². The third-order valence-electron chi connectivity index (χ3n) is 8.95. The van der Waals surface area contributed by atoms with Gasteiger partial charge in [0.25, 0.3) is 0 Å². The topological polar surface area (TPSA) is 66.8 Å². The van der Waals surface area contributed by atoms with Crippen LogP contribution in [-0.4, -0.2) is 42.1 Å². The van der Waals surface area contributed by atoms with Gasteiger partial charge in [-0.1, -0.05) is 54.6 Å². The monoisotopic (exact) mass is 497 g/mol. The summed E-state index contributed by atoms with van der Waals surface area (Å²) in [6.07, 6.45) is 4.69. The molecule has 5 nitrogen and oxygen atoms in total. The van der Waals surface area contributed by atoms with E-state index in [1.165, 1.54) is 18.2 Å². The number of fused-ring (bicyclic) bond motifs is 1. The van der Waals surface area contributed by atoms with Crippen LogP contribution >= 0.6 is 0 Å². The van der Waals surface area contributed by atoms with Gasteiger partial charge in [-0.25, -0.2) is 4.39 Å². The van der Waals surface area contributed by atoms with Crippen molar-refractivity contribution in [1.29, 1.82) is 0 Å². The number of hydrogen-bond acceptors (Lipinski definition) is 3. The predicted octanol–water partition coefficient (Wildman–Crippen LogP) is 5.25. The highest BCUT2D eigenvalue weighted by Crippen LogP contribution is 2.68. The molecule has 1 aliphatic heterocycles. The number of rotatable bonds is 5. The van der Waals surface area contributed by atoms with Crippen LogP contribution in [0.5, 0.6) is 5.75 Å².